The van der Waals surface area contributed by atoms with Crippen molar-refractivity contribution in [2.24, 2.45) is 0 Å². The predicted octanol–water partition coefficient (Wildman–Crippen LogP) is 2.46. The van der Waals surface area contributed by atoms with E-state index in [2.05, 4.69) is 42.6 Å². The molecule has 1 aromatic rings. The molecule has 0 saturated carbocycles. The first-order valence-corrected chi connectivity index (χ1v) is 9.28. The number of aromatic nitrogens is 2. The zero-order chi connectivity index (χ0) is 17.3. The SMILES string of the molecule is Cc1nn(C(C)C)c(C)c1CN1CCC(N2CCCNC2=O)CC1. The molecule has 0 bridgehead atoms. The Balaban J connectivity index is 1.59. The van der Waals surface area contributed by atoms with Gasteiger partial charge in [0.25, 0.3) is 0 Å². The standard InChI is InChI=1S/C18H31N5O/c1-13(2)23-15(4)17(14(3)20-23)12-21-10-6-16(7-11-21)22-9-5-8-19-18(22)24/h13,16H,5-12H2,1-4H3,(H,19,24). The summed E-state index contributed by atoms with van der Waals surface area (Å²) >= 11 is 0. The van der Waals surface area contributed by atoms with Crippen LogP contribution >= 0.6 is 0 Å². The molecule has 1 aromatic heterocycles. The van der Waals surface area contributed by atoms with E-state index in [4.69, 9.17) is 5.10 Å². The van der Waals surface area contributed by atoms with E-state index in [1.165, 1.54) is 11.3 Å². The number of aryl methyl sites for hydroxylation is 1. The molecule has 134 valence electrons. The summed E-state index contributed by atoms with van der Waals surface area (Å²) in [6.45, 7) is 13.5. The molecule has 1 N–H and O–H groups in total. The van der Waals surface area contributed by atoms with Gasteiger partial charge in [-0.3, -0.25) is 9.58 Å². The number of piperidine rings is 1. The molecule has 2 aliphatic rings. The summed E-state index contributed by atoms with van der Waals surface area (Å²) in [5, 5.41) is 7.67. The summed E-state index contributed by atoms with van der Waals surface area (Å²) in [4.78, 5) is 16.6. The minimum Gasteiger partial charge on any atom is -0.338 e. The van der Waals surface area contributed by atoms with Gasteiger partial charge in [-0.2, -0.15) is 5.10 Å². The summed E-state index contributed by atoms with van der Waals surface area (Å²) in [5.74, 6) is 0. The molecule has 2 saturated heterocycles. The lowest BCUT2D eigenvalue weighted by atomic mass is 10.0. The van der Waals surface area contributed by atoms with E-state index in [0.29, 0.717) is 12.1 Å². The highest BCUT2D eigenvalue weighted by molar-refractivity contribution is 5.75. The average molecular weight is 333 g/mol. The highest BCUT2D eigenvalue weighted by Gasteiger charge is 2.29. The fraction of sp³-hybridized carbons (Fsp3) is 0.778. The Morgan fingerprint density at radius 2 is 1.92 bits per heavy atom. The molecule has 24 heavy (non-hydrogen) atoms. The normalized spacial score (nSPS) is 20.7. The van der Waals surface area contributed by atoms with Crippen LogP contribution in [0.1, 0.15) is 56.1 Å². The van der Waals surface area contributed by atoms with Crippen LogP contribution in [0.15, 0.2) is 0 Å². The molecule has 0 aromatic carbocycles. The largest absolute Gasteiger partial charge is 0.338 e. The number of carbonyl (C=O) groups excluding carboxylic acids is 1. The van der Waals surface area contributed by atoms with Gasteiger partial charge in [0.2, 0.25) is 0 Å². The van der Waals surface area contributed by atoms with E-state index >= 15 is 0 Å². The van der Waals surface area contributed by atoms with E-state index in [-0.39, 0.29) is 6.03 Å². The summed E-state index contributed by atoms with van der Waals surface area (Å²) in [7, 11) is 0. The summed E-state index contributed by atoms with van der Waals surface area (Å²) in [6.07, 6.45) is 3.21. The quantitative estimate of drug-likeness (QED) is 0.921. The third kappa shape index (κ3) is 3.43. The summed E-state index contributed by atoms with van der Waals surface area (Å²) in [5.41, 5.74) is 3.82. The Hall–Kier alpha value is -1.56. The van der Waals surface area contributed by atoms with E-state index in [0.717, 1.165) is 57.7 Å². The molecule has 2 amide bonds. The second-order valence-electron chi connectivity index (χ2n) is 7.47. The van der Waals surface area contributed by atoms with Crippen LogP contribution in [0.25, 0.3) is 0 Å². The van der Waals surface area contributed by atoms with Gasteiger partial charge in [0, 0.05) is 56.1 Å². The van der Waals surface area contributed by atoms with Gasteiger partial charge in [0.1, 0.15) is 0 Å². The van der Waals surface area contributed by atoms with Crippen molar-refractivity contribution in [3.63, 3.8) is 0 Å². The summed E-state index contributed by atoms with van der Waals surface area (Å²) in [6, 6.07) is 0.938. The molecule has 0 atom stereocenters. The summed E-state index contributed by atoms with van der Waals surface area (Å²) < 4.78 is 2.13. The van der Waals surface area contributed by atoms with Gasteiger partial charge in [-0.1, -0.05) is 0 Å². The zero-order valence-electron chi connectivity index (χ0n) is 15.5. The first-order valence-electron chi connectivity index (χ1n) is 9.28. The second-order valence-corrected chi connectivity index (χ2v) is 7.47. The fourth-order valence-corrected chi connectivity index (χ4v) is 4.04. The van der Waals surface area contributed by atoms with Crippen LogP contribution in [-0.2, 0) is 6.54 Å². The molecule has 0 spiro atoms. The predicted molar refractivity (Wildman–Crippen MR) is 95.1 cm³/mol. The number of carbonyl (C=O) groups is 1. The van der Waals surface area contributed by atoms with E-state index in [9.17, 15) is 4.79 Å². The van der Waals surface area contributed by atoms with Crippen LogP contribution in [0.2, 0.25) is 0 Å². The van der Waals surface area contributed by atoms with Crippen LogP contribution in [0.4, 0.5) is 4.79 Å². The number of amides is 2. The number of hydrogen-bond donors (Lipinski definition) is 1. The molecule has 0 radical (unpaired) electrons. The lowest BCUT2D eigenvalue weighted by Gasteiger charge is -2.40. The Morgan fingerprint density at radius 3 is 2.50 bits per heavy atom. The Labute approximate surface area is 145 Å². The van der Waals surface area contributed by atoms with Crippen LogP contribution < -0.4 is 5.32 Å². The van der Waals surface area contributed by atoms with Gasteiger partial charge >= 0.3 is 6.03 Å². The van der Waals surface area contributed by atoms with Gasteiger partial charge in [-0.05, 0) is 47.0 Å². The number of likely N-dealkylation sites (tertiary alicyclic amines) is 1. The van der Waals surface area contributed by atoms with Crippen molar-refractivity contribution in [1.82, 2.24) is 24.9 Å². The third-order valence-corrected chi connectivity index (χ3v) is 5.46. The van der Waals surface area contributed by atoms with Crippen molar-refractivity contribution in [2.75, 3.05) is 26.2 Å². The maximum absolute atomic E-state index is 12.0. The topological polar surface area (TPSA) is 53.4 Å². The first-order chi connectivity index (χ1) is 11.5. The minimum atomic E-state index is 0.129. The van der Waals surface area contributed by atoms with Crippen molar-refractivity contribution < 1.29 is 4.79 Å². The molecular weight excluding hydrogens is 302 g/mol. The average Bonchev–Trinajstić information content (AvgIpc) is 2.84. The molecule has 0 aliphatic carbocycles. The number of rotatable bonds is 4. The molecule has 2 aliphatic heterocycles. The van der Waals surface area contributed by atoms with Gasteiger partial charge in [0.05, 0.1) is 5.69 Å². The maximum atomic E-state index is 12.0. The second kappa shape index (κ2) is 7.13. The van der Waals surface area contributed by atoms with Crippen molar-refractivity contribution >= 4 is 6.03 Å². The van der Waals surface area contributed by atoms with Gasteiger partial charge < -0.3 is 10.2 Å². The number of nitrogens with zero attached hydrogens (tertiary/aromatic N) is 4. The lowest BCUT2D eigenvalue weighted by molar-refractivity contribution is 0.109. The monoisotopic (exact) mass is 333 g/mol. The van der Waals surface area contributed by atoms with Crippen LogP contribution in [-0.4, -0.2) is 57.8 Å². The molecule has 2 fully saturated rings. The van der Waals surface area contributed by atoms with Crippen LogP contribution in [0.5, 0.6) is 0 Å². The third-order valence-electron chi connectivity index (χ3n) is 5.46. The van der Waals surface area contributed by atoms with Crippen LogP contribution in [0.3, 0.4) is 0 Å². The van der Waals surface area contributed by atoms with Crippen molar-refractivity contribution in [3.05, 3.63) is 17.0 Å². The molecule has 6 heteroatoms. The van der Waals surface area contributed by atoms with Gasteiger partial charge in [-0.25, -0.2) is 4.79 Å². The molecule has 3 rings (SSSR count). The lowest BCUT2D eigenvalue weighted by Crippen LogP contribution is -2.54. The van der Waals surface area contributed by atoms with Crippen LogP contribution in [0, 0.1) is 13.8 Å². The Morgan fingerprint density at radius 1 is 1.21 bits per heavy atom. The maximum Gasteiger partial charge on any atom is 0.317 e. The zero-order valence-corrected chi connectivity index (χ0v) is 15.5. The van der Waals surface area contributed by atoms with E-state index < -0.39 is 0 Å². The molecule has 6 nitrogen and oxygen atoms in total. The molecule has 0 unspecified atom stereocenters. The minimum absolute atomic E-state index is 0.129. The highest BCUT2D eigenvalue weighted by Crippen LogP contribution is 2.23. The molecule has 3 heterocycles. The fourth-order valence-electron chi connectivity index (χ4n) is 4.04. The van der Waals surface area contributed by atoms with Crippen molar-refractivity contribution in [1.29, 1.82) is 0 Å². The Bertz CT molecular complexity index is 586. The number of nitrogens with one attached hydrogen (secondary N) is 1. The number of urea groups is 1. The van der Waals surface area contributed by atoms with E-state index in [1.54, 1.807) is 0 Å². The van der Waals surface area contributed by atoms with Gasteiger partial charge in [0.15, 0.2) is 0 Å². The Kier molecular flexibility index (Phi) is 5.13. The highest BCUT2D eigenvalue weighted by atomic mass is 16.2. The van der Waals surface area contributed by atoms with Crippen molar-refractivity contribution in [3.8, 4) is 0 Å². The molecular formula is C18H31N5O. The number of hydrogen-bond acceptors (Lipinski definition) is 3. The van der Waals surface area contributed by atoms with Gasteiger partial charge in [-0.15, -0.1) is 0 Å². The van der Waals surface area contributed by atoms with Crippen molar-refractivity contribution in [2.45, 2.75) is 65.6 Å². The first kappa shape index (κ1) is 17.3. The van der Waals surface area contributed by atoms with E-state index in [1.807, 2.05) is 4.90 Å². The smallest absolute Gasteiger partial charge is 0.317 e.